The summed E-state index contributed by atoms with van der Waals surface area (Å²) in [5, 5.41) is 8.99. The molecule has 0 aromatic heterocycles. The Labute approximate surface area is 106 Å². The minimum absolute atomic E-state index is 0.179. The summed E-state index contributed by atoms with van der Waals surface area (Å²) in [6.07, 6.45) is 3.19. The van der Waals surface area contributed by atoms with Crippen molar-refractivity contribution in [2.45, 2.75) is 59.9 Å². The highest BCUT2D eigenvalue weighted by Crippen LogP contribution is 2.19. The van der Waals surface area contributed by atoms with Gasteiger partial charge in [-0.1, -0.05) is 34.6 Å². The maximum absolute atomic E-state index is 10.9. The lowest BCUT2D eigenvalue weighted by atomic mass is 9.94. The quantitative estimate of drug-likeness (QED) is 0.676. The molecule has 3 nitrogen and oxygen atoms in total. The second-order valence-corrected chi connectivity index (χ2v) is 5.78. The van der Waals surface area contributed by atoms with Crippen LogP contribution in [0.2, 0.25) is 0 Å². The lowest BCUT2D eigenvalue weighted by molar-refractivity contribution is -0.139. The third-order valence-electron chi connectivity index (χ3n) is 2.85. The van der Waals surface area contributed by atoms with Gasteiger partial charge in [-0.15, -0.1) is 0 Å². The Hall–Kier alpha value is -0.570. The maximum atomic E-state index is 10.9. The highest BCUT2D eigenvalue weighted by molar-refractivity contribution is 5.69. The third-order valence-corrected chi connectivity index (χ3v) is 2.85. The molecule has 0 aliphatic carbocycles. The predicted octanol–water partition coefficient (Wildman–Crippen LogP) is 3.24. The van der Waals surface area contributed by atoms with Crippen LogP contribution >= 0.6 is 0 Å². The zero-order chi connectivity index (χ0) is 13.4. The molecule has 17 heavy (non-hydrogen) atoms. The minimum Gasteiger partial charge on any atom is -0.480 e. The van der Waals surface area contributed by atoms with E-state index in [4.69, 9.17) is 5.11 Å². The molecule has 0 rings (SSSR count). The van der Waals surface area contributed by atoms with Crippen molar-refractivity contribution in [3.63, 3.8) is 0 Å². The number of rotatable bonds is 9. The van der Waals surface area contributed by atoms with Gasteiger partial charge in [-0.3, -0.25) is 9.69 Å². The smallest absolute Gasteiger partial charge is 0.317 e. The second-order valence-electron chi connectivity index (χ2n) is 5.78. The van der Waals surface area contributed by atoms with E-state index < -0.39 is 5.97 Å². The molecule has 0 aromatic carbocycles. The number of hydrogen-bond donors (Lipinski definition) is 1. The molecule has 0 aromatic rings. The van der Waals surface area contributed by atoms with Crippen molar-refractivity contribution in [1.29, 1.82) is 0 Å². The van der Waals surface area contributed by atoms with E-state index in [2.05, 4.69) is 39.5 Å². The van der Waals surface area contributed by atoms with Gasteiger partial charge in [-0.2, -0.15) is 0 Å². The van der Waals surface area contributed by atoms with Crippen molar-refractivity contribution in [3.8, 4) is 0 Å². The standard InChI is InChI=1S/C14H29NO2/c1-6-7-15(10-14(16)17)13(8-11(2)3)9-12(4)5/h11-13H,6-10H2,1-5H3,(H,16,17). The van der Waals surface area contributed by atoms with E-state index in [0.717, 1.165) is 25.8 Å². The molecular formula is C14H29NO2. The van der Waals surface area contributed by atoms with E-state index >= 15 is 0 Å². The van der Waals surface area contributed by atoms with E-state index in [1.807, 2.05) is 0 Å². The van der Waals surface area contributed by atoms with Gasteiger partial charge in [0.1, 0.15) is 0 Å². The molecule has 0 saturated heterocycles. The van der Waals surface area contributed by atoms with E-state index in [0.29, 0.717) is 17.9 Å². The summed E-state index contributed by atoms with van der Waals surface area (Å²) in [6, 6.07) is 0.408. The first kappa shape index (κ1) is 16.4. The van der Waals surface area contributed by atoms with Crippen LogP contribution in [0.1, 0.15) is 53.9 Å². The van der Waals surface area contributed by atoms with Gasteiger partial charge in [0.05, 0.1) is 6.54 Å². The summed E-state index contributed by atoms with van der Waals surface area (Å²) >= 11 is 0. The summed E-state index contributed by atoms with van der Waals surface area (Å²) in [5.41, 5.74) is 0. The van der Waals surface area contributed by atoms with Crippen LogP contribution in [0.15, 0.2) is 0 Å². The van der Waals surface area contributed by atoms with Crippen molar-refractivity contribution in [2.24, 2.45) is 11.8 Å². The Bertz CT molecular complexity index is 204. The molecule has 0 amide bonds. The predicted molar refractivity (Wildman–Crippen MR) is 72.2 cm³/mol. The van der Waals surface area contributed by atoms with Crippen molar-refractivity contribution in [2.75, 3.05) is 13.1 Å². The number of carboxylic acid groups (broad SMARTS) is 1. The molecule has 102 valence electrons. The Morgan fingerprint density at radius 2 is 1.59 bits per heavy atom. The molecule has 3 heteroatoms. The van der Waals surface area contributed by atoms with E-state index in [-0.39, 0.29) is 6.54 Å². The minimum atomic E-state index is -0.712. The lowest BCUT2D eigenvalue weighted by Crippen LogP contribution is -2.41. The largest absolute Gasteiger partial charge is 0.480 e. The molecular weight excluding hydrogens is 214 g/mol. The Kier molecular flexibility index (Phi) is 8.23. The average molecular weight is 243 g/mol. The second kappa shape index (κ2) is 8.51. The van der Waals surface area contributed by atoms with Gasteiger partial charge >= 0.3 is 5.97 Å². The Morgan fingerprint density at radius 1 is 1.12 bits per heavy atom. The van der Waals surface area contributed by atoms with Crippen molar-refractivity contribution in [3.05, 3.63) is 0 Å². The maximum Gasteiger partial charge on any atom is 0.317 e. The van der Waals surface area contributed by atoms with Crippen LogP contribution in [0.4, 0.5) is 0 Å². The van der Waals surface area contributed by atoms with Gasteiger partial charge in [0.2, 0.25) is 0 Å². The molecule has 0 fully saturated rings. The number of nitrogens with zero attached hydrogens (tertiary/aromatic N) is 1. The van der Waals surface area contributed by atoms with Gasteiger partial charge in [-0.05, 0) is 37.6 Å². The molecule has 0 bridgehead atoms. The van der Waals surface area contributed by atoms with Crippen LogP contribution in [-0.2, 0) is 4.79 Å². The first-order chi connectivity index (χ1) is 7.86. The number of carbonyl (C=O) groups is 1. The molecule has 0 saturated carbocycles. The fourth-order valence-electron chi connectivity index (χ4n) is 2.33. The molecule has 0 atom stereocenters. The SMILES string of the molecule is CCCN(CC(=O)O)C(CC(C)C)CC(C)C. The summed E-state index contributed by atoms with van der Waals surface area (Å²) < 4.78 is 0. The summed E-state index contributed by atoms with van der Waals surface area (Å²) in [4.78, 5) is 13.1. The number of carboxylic acids is 1. The summed E-state index contributed by atoms with van der Waals surface area (Å²) in [6.45, 7) is 12.0. The molecule has 0 spiro atoms. The Balaban J connectivity index is 4.59. The van der Waals surface area contributed by atoms with Crippen LogP contribution in [0, 0.1) is 11.8 Å². The van der Waals surface area contributed by atoms with E-state index in [1.165, 1.54) is 0 Å². The number of aliphatic carboxylic acids is 1. The first-order valence-electron chi connectivity index (χ1n) is 6.82. The van der Waals surface area contributed by atoms with E-state index in [9.17, 15) is 4.79 Å². The van der Waals surface area contributed by atoms with Crippen molar-refractivity contribution >= 4 is 5.97 Å². The van der Waals surface area contributed by atoms with Gasteiger partial charge < -0.3 is 5.11 Å². The van der Waals surface area contributed by atoms with Gasteiger partial charge in [-0.25, -0.2) is 0 Å². The topological polar surface area (TPSA) is 40.5 Å². The van der Waals surface area contributed by atoms with Crippen molar-refractivity contribution in [1.82, 2.24) is 4.90 Å². The lowest BCUT2D eigenvalue weighted by Gasteiger charge is -2.32. The molecule has 0 aliphatic heterocycles. The Morgan fingerprint density at radius 3 is 1.88 bits per heavy atom. The highest BCUT2D eigenvalue weighted by Gasteiger charge is 2.21. The van der Waals surface area contributed by atoms with Crippen LogP contribution in [0.3, 0.4) is 0 Å². The monoisotopic (exact) mass is 243 g/mol. The molecule has 0 radical (unpaired) electrons. The summed E-state index contributed by atoms with van der Waals surface area (Å²) in [5.74, 6) is 0.523. The molecule has 0 aliphatic rings. The van der Waals surface area contributed by atoms with Gasteiger partial charge in [0, 0.05) is 6.04 Å². The van der Waals surface area contributed by atoms with Crippen LogP contribution in [0.5, 0.6) is 0 Å². The first-order valence-corrected chi connectivity index (χ1v) is 6.82. The van der Waals surface area contributed by atoms with Gasteiger partial charge in [0.25, 0.3) is 0 Å². The van der Waals surface area contributed by atoms with E-state index in [1.54, 1.807) is 0 Å². The van der Waals surface area contributed by atoms with Crippen molar-refractivity contribution < 1.29 is 9.90 Å². The van der Waals surface area contributed by atoms with Crippen LogP contribution in [-0.4, -0.2) is 35.1 Å². The molecule has 0 unspecified atom stereocenters. The van der Waals surface area contributed by atoms with Crippen LogP contribution in [0.25, 0.3) is 0 Å². The fraction of sp³-hybridized carbons (Fsp3) is 0.929. The zero-order valence-corrected chi connectivity index (χ0v) is 12.1. The molecule has 0 heterocycles. The zero-order valence-electron chi connectivity index (χ0n) is 12.1. The highest BCUT2D eigenvalue weighted by atomic mass is 16.4. The van der Waals surface area contributed by atoms with Gasteiger partial charge in [0.15, 0.2) is 0 Å². The normalized spacial score (nSPS) is 12.1. The number of hydrogen-bond acceptors (Lipinski definition) is 2. The molecule has 1 N–H and O–H groups in total. The fourth-order valence-corrected chi connectivity index (χ4v) is 2.33. The summed E-state index contributed by atoms with van der Waals surface area (Å²) in [7, 11) is 0. The van der Waals surface area contributed by atoms with Crippen LogP contribution < -0.4 is 0 Å². The average Bonchev–Trinajstić information content (AvgIpc) is 2.13. The third kappa shape index (κ3) is 8.19.